The second-order valence-electron chi connectivity index (χ2n) is 6.52. The van der Waals surface area contributed by atoms with Gasteiger partial charge in [0.15, 0.2) is 0 Å². The van der Waals surface area contributed by atoms with Crippen LogP contribution in [0.1, 0.15) is 12.0 Å². The number of carbonyl (C=O) groups excluding carboxylic acids is 1. The van der Waals surface area contributed by atoms with Gasteiger partial charge in [-0.15, -0.1) is 0 Å². The smallest absolute Gasteiger partial charge is 0.224 e. The van der Waals surface area contributed by atoms with Gasteiger partial charge in [-0.25, -0.2) is 0 Å². The van der Waals surface area contributed by atoms with Crippen molar-refractivity contribution in [1.29, 1.82) is 0 Å². The molecule has 1 unspecified atom stereocenters. The molecule has 1 saturated heterocycles. The average molecular weight is 354 g/mol. The number of nitrogens with zero attached hydrogens (tertiary/aromatic N) is 1. The van der Waals surface area contributed by atoms with Crippen LogP contribution in [0.4, 0.5) is 0 Å². The van der Waals surface area contributed by atoms with Crippen LogP contribution in [0.3, 0.4) is 0 Å². The Morgan fingerprint density at radius 2 is 1.85 bits per heavy atom. The Labute approximate surface area is 154 Å². The third-order valence-electron chi connectivity index (χ3n) is 4.62. The fourth-order valence-corrected chi connectivity index (χ4v) is 3.19. The Kier molecular flexibility index (Phi) is 6.50. The predicted octanol–water partition coefficient (Wildman–Crippen LogP) is 2.71. The summed E-state index contributed by atoms with van der Waals surface area (Å²) in [7, 11) is 1.63. The van der Waals surface area contributed by atoms with Gasteiger partial charge in [-0.1, -0.05) is 30.3 Å². The van der Waals surface area contributed by atoms with Crippen LogP contribution in [-0.2, 0) is 11.3 Å². The van der Waals surface area contributed by atoms with Gasteiger partial charge in [0.2, 0.25) is 5.91 Å². The number of rotatable bonds is 8. The molecule has 1 fully saturated rings. The summed E-state index contributed by atoms with van der Waals surface area (Å²) in [6.45, 7) is 3.67. The summed E-state index contributed by atoms with van der Waals surface area (Å²) in [6, 6.07) is 17.8. The molecule has 2 aromatic rings. The van der Waals surface area contributed by atoms with Crippen LogP contribution < -0.4 is 14.8 Å². The van der Waals surface area contributed by atoms with Crippen molar-refractivity contribution in [1.82, 2.24) is 10.2 Å². The minimum Gasteiger partial charge on any atom is -0.497 e. The number of likely N-dealkylation sites (tertiary alicyclic amines) is 1. The van der Waals surface area contributed by atoms with Crippen molar-refractivity contribution < 1.29 is 14.3 Å². The molecule has 0 aliphatic carbocycles. The van der Waals surface area contributed by atoms with Crippen molar-refractivity contribution in [3.8, 4) is 11.5 Å². The molecule has 0 aromatic heterocycles. The van der Waals surface area contributed by atoms with E-state index in [4.69, 9.17) is 9.47 Å². The summed E-state index contributed by atoms with van der Waals surface area (Å²) in [5.41, 5.74) is 1.29. The van der Waals surface area contributed by atoms with Crippen molar-refractivity contribution in [3.63, 3.8) is 0 Å². The van der Waals surface area contributed by atoms with Gasteiger partial charge in [-0.3, -0.25) is 9.69 Å². The standard InChI is InChI=1S/C21H26N2O3/c1-25-19-7-9-20(10-8-19)26-14-12-22-21(24)18-11-13-23(16-18)15-17-5-3-2-4-6-17/h2-10,18H,11-16H2,1H3,(H,22,24). The number of benzene rings is 2. The number of amides is 1. The first-order valence-corrected chi connectivity index (χ1v) is 9.05. The minimum atomic E-state index is 0.0692. The van der Waals surface area contributed by atoms with Crippen LogP contribution in [0.25, 0.3) is 0 Å². The molecular formula is C21H26N2O3. The molecule has 2 aromatic carbocycles. The second kappa shape index (κ2) is 9.25. The topological polar surface area (TPSA) is 50.8 Å². The predicted molar refractivity (Wildman–Crippen MR) is 101 cm³/mol. The first-order valence-electron chi connectivity index (χ1n) is 9.05. The van der Waals surface area contributed by atoms with E-state index in [1.54, 1.807) is 7.11 Å². The number of hydrogen-bond acceptors (Lipinski definition) is 4. The molecule has 5 heteroatoms. The van der Waals surface area contributed by atoms with Crippen molar-refractivity contribution in [2.45, 2.75) is 13.0 Å². The van der Waals surface area contributed by atoms with E-state index in [9.17, 15) is 4.79 Å². The summed E-state index contributed by atoms with van der Waals surface area (Å²) in [4.78, 5) is 14.7. The summed E-state index contributed by atoms with van der Waals surface area (Å²) < 4.78 is 10.8. The normalized spacial score (nSPS) is 17.0. The van der Waals surface area contributed by atoms with Crippen LogP contribution >= 0.6 is 0 Å². The lowest BCUT2D eigenvalue weighted by Gasteiger charge is -2.16. The van der Waals surface area contributed by atoms with E-state index in [1.807, 2.05) is 30.3 Å². The van der Waals surface area contributed by atoms with E-state index in [0.717, 1.165) is 37.6 Å². The molecule has 1 amide bonds. The van der Waals surface area contributed by atoms with Crippen LogP contribution in [0.5, 0.6) is 11.5 Å². The molecule has 138 valence electrons. The molecule has 1 aliphatic heterocycles. The van der Waals surface area contributed by atoms with Crippen molar-refractivity contribution in [2.75, 3.05) is 33.4 Å². The maximum atomic E-state index is 12.3. The number of carbonyl (C=O) groups is 1. The largest absolute Gasteiger partial charge is 0.497 e. The lowest BCUT2D eigenvalue weighted by atomic mass is 10.1. The zero-order valence-electron chi connectivity index (χ0n) is 15.2. The van der Waals surface area contributed by atoms with E-state index in [0.29, 0.717) is 13.2 Å². The number of methoxy groups -OCH3 is 1. The Bertz CT molecular complexity index is 688. The van der Waals surface area contributed by atoms with E-state index in [-0.39, 0.29) is 11.8 Å². The highest BCUT2D eigenvalue weighted by Crippen LogP contribution is 2.19. The molecule has 26 heavy (non-hydrogen) atoms. The highest BCUT2D eigenvalue weighted by molar-refractivity contribution is 5.79. The zero-order chi connectivity index (χ0) is 18.2. The molecule has 1 heterocycles. The lowest BCUT2D eigenvalue weighted by Crippen LogP contribution is -2.35. The Morgan fingerprint density at radius 1 is 1.12 bits per heavy atom. The quantitative estimate of drug-likeness (QED) is 0.741. The third-order valence-corrected chi connectivity index (χ3v) is 4.62. The fourth-order valence-electron chi connectivity index (χ4n) is 3.19. The molecule has 3 rings (SSSR count). The van der Waals surface area contributed by atoms with Gasteiger partial charge in [0, 0.05) is 13.1 Å². The van der Waals surface area contributed by atoms with Gasteiger partial charge in [0.05, 0.1) is 19.6 Å². The zero-order valence-corrected chi connectivity index (χ0v) is 15.2. The molecular weight excluding hydrogens is 328 g/mol. The fraction of sp³-hybridized carbons (Fsp3) is 0.381. The van der Waals surface area contributed by atoms with Crippen molar-refractivity contribution in [3.05, 3.63) is 60.2 Å². The highest BCUT2D eigenvalue weighted by atomic mass is 16.5. The highest BCUT2D eigenvalue weighted by Gasteiger charge is 2.27. The van der Waals surface area contributed by atoms with Gasteiger partial charge in [0.25, 0.3) is 0 Å². The third kappa shape index (κ3) is 5.23. The van der Waals surface area contributed by atoms with Crippen LogP contribution in [0.2, 0.25) is 0 Å². The minimum absolute atomic E-state index is 0.0692. The molecule has 0 radical (unpaired) electrons. The maximum Gasteiger partial charge on any atom is 0.224 e. The summed E-state index contributed by atoms with van der Waals surface area (Å²) >= 11 is 0. The Hall–Kier alpha value is -2.53. The first-order chi connectivity index (χ1) is 12.7. The Balaban J connectivity index is 1.34. The molecule has 0 spiro atoms. The number of ether oxygens (including phenoxy) is 2. The van der Waals surface area contributed by atoms with E-state index in [2.05, 4.69) is 34.5 Å². The summed E-state index contributed by atoms with van der Waals surface area (Å²) in [5, 5.41) is 2.99. The molecule has 5 nitrogen and oxygen atoms in total. The SMILES string of the molecule is COc1ccc(OCCNC(=O)C2CCN(Cc3ccccc3)C2)cc1. The monoisotopic (exact) mass is 354 g/mol. The van der Waals surface area contributed by atoms with E-state index in [1.165, 1.54) is 5.56 Å². The van der Waals surface area contributed by atoms with Gasteiger partial charge in [-0.2, -0.15) is 0 Å². The molecule has 0 saturated carbocycles. The summed E-state index contributed by atoms with van der Waals surface area (Å²) in [5.74, 6) is 1.76. The van der Waals surface area contributed by atoms with Crippen LogP contribution in [-0.4, -0.2) is 44.2 Å². The molecule has 1 atom stereocenters. The van der Waals surface area contributed by atoms with Crippen LogP contribution in [0.15, 0.2) is 54.6 Å². The van der Waals surface area contributed by atoms with E-state index >= 15 is 0 Å². The van der Waals surface area contributed by atoms with Crippen LogP contribution in [0, 0.1) is 5.92 Å². The molecule has 1 aliphatic rings. The first kappa shape index (κ1) is 18.3. The van der Waals surface area contributed by atoms with E-state index < -0.39 is 0 Å². The van der Waals surface area contributed by atoms with Gasteiger partial charge in [0.1, 0.15) is 18.1 Å². The van der Waals surface area contributed by atoms with Gasteiger partial charge >= 0.3 is 0 Å². The van der Waals surface area contributed by atoms with Crippen molar-refractivity contribution >= 4 is 5.91 Å². The molecule has 0 bridgehead atoms. The lowest BCUT2D eigenvalue weighted by molar-refractivity contribution is -0.124. The number of nitrogens with one attached hydrogen (secondary N) is 1. The van der Waals surface area contributed by atoms with Gasteiger partial charge < -0.3 is 14.8 Å². The Morgan fingerprint density at radius 3 is 2.58 bits per heavy atom. The second-order valence-corrected chi connectivity index (χ2v) is 6.52. The maximum absolute atomic E-state index is 12.3. The average Bonchev–Trinajstić information content (AvgIpc) is 3.15. The number of hydrogen-bond donors (Lipinski definition) is 1. The molecule has 1 N–H and O–H groups in total. The van der Waals surface area contributed by atoms with Crippen molar-refractivity contribution in [2.24, 2.45) is 5.92 Å². The van der Waals surface area contributed by atoms with Gasteiger partial charge in [-0.05, 0) is 42.8 Å². The summed E-state index contributed by atoms with van der Waals surface area (Å²) in [6.07, 6.45) is 0.915.